The average molecular weight is 333 g/mol. The molecule has 24 heavy (non-hydrogen) atoms. The average Bonchev–Trinajstić information content (AvgIpc) is 2.53. The molecule has 2 aliphatic heterocycles. The van der Waals surface area contributed by atoms with E-state index < -0.39 is 11.5 Å². The Morgan fingerprint density at radius 2 is 2.04 bits per heavy atom. The number of piperazine rings is 1. The lowest BCUT2D eigenvalue weighted by Gasteiger charge is -2.42. The fourth-order valence-electron chi connectivity index (χ4n) is 3.61. The summed E-state index contributed by atoms with van der Waals surface area (Å²) in [6, 6.07) is 0.184. The van der Waals surface area contributed by atoms with Gasteiger partial charge in [0.25, 0.3) is 0 Å². The summed E-state index contributed by atoms with van der Waals surface area (Å²) >= 11 is 0. The molecule has 4 rings (SSSR count). The Bertz CT molecular complexity index is 881. The van der Waals surface area contributed by atoms with Crippen molar-refractivity contribution in [2.24, 2.45) is 7.05 Å². The molecule has 4 heterocycles. The topological polar surface area (TPSA) is 63.5 Å². The van der Waals surface area contributed by atoms with Crippen molar-refractivity contribution in [2.75, 3.05) is 38.2 Å². The largest absolute Gasteiger partial charge is 0.477 e. The molecule has 0 aromatic carbocycles. The van der Waals surface area contributed by atoms with Crippen LogP contribution in [0.2, 0.25) is 0 Å². The molecule has 0 aliphatic carbocycles. The summed E-state index contributed by atoms with van der Waals surface area (Å²) in [5.41, 5.74) is -0.0292. The predicted molar refractivity (Wildman–Crippen MR) is 88.2 cm³/mol. The minimum Gasteiger partial charge on any atom is -0.477 e. The van der Waals surface area contributed by atoms with Crippen molar-refractivity contribution in [2.45, 2.75) is 19.4 Å². The van der Waals surface area contributed by atoms with Crippen molar-refractivity contribution in [3.63, 3.8) is 0 Å². The number of nitrogens with zero attached hydrogens (tertiary/aromatic N) is 5. The SMILES string of the molecule is Cc1nc2c3c(nc(=O)n(C)c3c1F)N1CCN(C)CC1CCO2. The summed E-state index contributed by atoms with van der Waals surface area (Å²) in [5.74, 6) is 0.360. The molecule has 0 amide bonds. The standard InChI is InChI=1S/C16H20FN5O2/c1-9-12(17)13-11-14(19-16(23)21(13)3)22-6-5-20(2)8-10(22)4-7-24-15(11)18-9/h10H,4-8H2,1-3H3. The van der Waals surface area contributed by atoms with Crippen molar-refractivity contribution in [3.05, 3.63) is 22.0 Å². The number of aromatic nitrogens is 3. The molecule has 0 radical (unpaired) electrons. The molecule has 0 bridgehead atoms. The molecular weight excluding hydrogens is 313 g/mol. The van der Waals surface area contributed by atoms with Gasteiger partial charge < -0.3 is 14.5 Å². The highest BCUT2D eigenvalue weighted by Gasteiger charge is 2.32. The van der Waals surface area contributed by atoms with Crippen LogP contribution in [0.1, 0.15) is 12.1 Å². The van der Waals surface area contributed by atoms with Gasteiger partial charge in [0.15, 0.2) is 5.82 Å². The molecule has 128 valence electrons. The van der Waals surface area contributed by atoms with E-state index in [1.807, 2.05) is 0 Å². The zero-order valence-electron chi connectivity index (χ0n) is 14.0. The number of rotatable bonds is 0. The number of ether oxygens (including phenoxy) is 1. The van der Waals surface area contributed by atoms with Crippen molar-refractivity contribution in [1.82, 2.24) is 19.4 Å². The molecule has 7 nitrogen and oxygen atoms in total. The van der Waals surface area contributed by atoms with Crippen LogP contribution in [0, 0.1) is 12.7 Å². The van der Waals surface area contributed by atoms with Gasteiger partial charge in [0.1, 0.15) is 11.2 Å². The van der Waals surface area contributed by atoms with Crippen LogP contribution >= 0.6 is 0 Å². The third kappa shape index (κ3) is 2.16. The zero-order chi connectivity index (χ0) is 17.0. The van der Waals surface area contributed by atoms with Gasteiger partial charge in [-0.15, -0.1) is 0 Å². The minimum atomic E-state index is -0.494. The van der Waals surface area contributed by atoms with E-state index in [0.717, 1.165) is 26.1 Å². The fourth-order valence-corrected chi connectivity index (χ4v) is 3.61. The Hall–Kier alpha value is -2.22. The summed E-state index contributed by atoms with van der Waals surface area (Å²) in [4.78, 5) is 25.2. The second-order valence-corrected chi connectivity index (χ2v) is 6.56. The number of anilines is 1. The van der Waals surface area contributed by atoms with E-state index in [-0.39, 0.29) is 17.3 Å². The lowest BCUT2D eigenvalue weighted by molar-refractivity contribution is 0.222. The fraction of sp³-hybridized carbons (Fsp3) is 0.562. The number of fused-ring (bicyclic) bond motifs is 2. The van der Waals surface area contributed by atoms with Gasteiger partial charge in [-0.25, -0.2) is 14.2 Å². The first-order valence-corrected chi connectivity index (χ1v) is 8.12. The number of likely N-dealkylation sites (N-methyl/N-ethyl adjacent to an activating group) is 1. The maximum Gasteiger partial charge on any atom is 0.349 e. The number of hydrogen-bond acceptors (Lipinski definition) is 6. The van der Waals surface area contributed by atoms with E-state index >= 15 is 0 Å². The number of halogens is 1. The van der Waals surface area contributed by atoms with Gasteiger partial charge in [-0.3, -0.25) is 4.57 Å². The first kappa shape index (κ1) is 15.3. The predicted octanol–water partition coefficient (Wildman–Crippen LogP) is 0.679. The molecule has 2 aromatic heterocycles. The smallest absolute Gasteiger partial charge is 0.349 e. The van der Waals surface area contributed by atoms with E-state index in [1.165, 1.54) is 11.6 Å². The van der Waals surface area contributed by atoms with Crippen LogP contribution in [-0.4, -0.2) is 58.8 Å². The van der Waals surface area contributed by atoms with Crippen LogP contribution in [0.15, 0.2) is 4.79 Å². The first-order chi connectivity index (χ1) is 11.5. The van der Waals surface area contributed by atoms with E-state index in [2.05, 4.69) is 26.8 Å². The van der Waals surface area contributed by atoms with Gasteiger partial charge in [-0.05, 0) is 14.0 Å². The Labute approximate surface area is 138 Å². The quantitative estimate of drug-likeness (QED) is 0.706. The van der Waals surface area contributed by atoms with Crippen molar-refractivity contribution >= 4 is 16.7 Å². The molecule has 1 atom stereocenters. The maximum atomic E-state index is 14.7. The molecule has 2 aromatic rings. The van der Waals surface area contributed by atoms with Gasteiger partial charge >= 0.3 is 5.69 Å². The normalized spacial score (nSPS) is 21.2. The molecule has 0 spiro atoms. The van der Waals surface area contributed by atoms with E-state index in [1.54, 1.807) is 6.92 Å². The van der Waals surface area contributed by atoms with Crippen LogP contribution in [-0.2, 0) is 7.05 Å². The minimum absolute atomic E-state index is 0.184. The number of pyridine rings is 1. The second kappa shape index (κ2) is 5.41. The zero-order valence-corrected chi connectivity index (χ0v) is 14.0. The van der Waals surface area contributed by atoms with Gasteiger partial charge in [0.05, 0.1) is 17.8 Å². The summed E-state index contributed by atoms with van der Waals surface area (Å²) in [6.07, 6.45) is 0.806. The Morgan fingerprint density at radius 1 is 1.25 bits per heavy atom. The Morgan fingerprint density at radius 3 is 2.83 bits per heavy atom. The van der Waals surface area contributed by atoms with Crippen LogP contribution < -0.4 is 15.3 Å². The van der Waals surface area contributed by atoms with Gasteiger partial charge in [-0.2, -0.15) is 4.98 Å². The van der Waals surface area contributed by atoms with Gasteiger partial charge in [0, 0.05) is 39.1 Å². The number of hydrogen-bond donors (Lipinski definition) is 0. The second-order valence-electron chi connectivity index (χ2n) is 6.56. The van der Waals surface area contributed by atoms with Gasteiger partial charge in [0.2, 0.25) is 5.88 Å². The van der Waals surface area contributed by atoms with Gasteiger partial charge in [-0.1, -0.05) is 0 Å². The number of aryl methyl sites for hydroxylation is 2. The molecule has 8 heteroatoms. The monoisotopic (exact) mass is 333 g/mol. The summed E-state index contributed by atoms with van der Waals surface area (Å²) in [5, 5.41) is 0.495. The van der Waals surface area contributed by atoms with Crippen LogP contribution in [0.5, 0.6) is 5.88 Å². The highest BCUT2D eigenvalue weighted by molar-refractivity contribution is 5.95. The molecule has 0 N–H and O–H groups in total. The highest BCUT2D eigenvalue weighted by Crippen LogP contribution is 2.36. The van der Waals surface area contributed by atoms with Crippen molar-refractivity contribution in [1.29, 1.82) is 0 Å². The summed E-state index contributed by atoms with van der Waals surface area (Å²) in [7, 11) is 3.60. The molecule has 0 saturated carbocycles. The van der Waals surface area contributed by atoms with E-state index in [0.29, 0.717) is 23.7 Å². The van der Waals surface area contributed by atoms with E-state index in [9.17, 15) is 9.18 Å². The lowest BCUT2D eigenvalue weighted by Crippen LogP contribution is -2.53. The van der Waals surface area contributed by atoms with Crippen LogP contribution in [0.3, 0.4) is 0 Å². The summed E-state index contributed by atoms with van der Waals surface area (Å²) in [6.45, 7) is 4.55. The van der Waals surface area contributed by atoms with Crippen LogP contribution in [0.25, 0.3) is 10.9 Å². The third-order valence-electron chi connectivity index (χ3n) is 4.94. The highest BCUT2D eigenvalue weighted by atomic mass is 19.1. The molecule has 2 aliphatic rings. The van der Waals surface area contributed by atoms with E-state index in [4.69, 9.17) is 4.74 Å². The maximum absolute atomic E-state index is 14.7. The molecule has 1 unspecified atom stereocenters. The Kier molecular flexibility index (Phi) is 3.45. The molecule has 1 saturated heterocycles. The first-order valence-electron chi connectivity index (χ1n) is 8.12. The molecular formula is C16H20FN5O2. The van der Waals surface area contributed by atoms with Crippen LogP contribution in [0.4, 0.5) is 10.2 Å². The third-order valence-corrected chi connectivity index (χ3v) is 4.94. The Balaban J connectivity index is 2.06. The van der Waals surface area contributed by atoms with Crippen molar-refractivity contribution < 1.29 is 9.13 Å². The lowest BCUT2D eigenvalue weighted by atomic mass is 10.1. The summed E-state index contributed by atoms with van der Waals surface area (Å²) < 4.78 is 21.8. The molecule has 1 fully saturated rings. The van der Waals surface area contributed by atoms with Crippen molar-refractivity contribution in [3.8, 4) is 5.88 Å².